The second kappa shape index (κ2) is 27.7. The minimum Gasteiger partial charge on any atom is -0.377 e. The average molecular weight is 836 g/mol. The zero-order valence-electron chi connectivity index (χ0n) is 35.0. The Morgan fingerprint density at radius 3 is 1.96 bits per heavy atom. The van der Waals surface area contributed by atoms with Crippen LogP contribution in [0.2, 0.25) is 0 Å². The predicted octanol–water partition coefficient (Wildman–Crippen LogP) is 8.00. The summed E-state index contributed by atoms with van der Waals surface area (Å²) in [6, 6.07) is -0.0969. The fourth-order valence-electron chi connectivity index (χ4n) is 6.94. The number of rotatable bonds is 31. The van der Waals surface area contributed by atoms with Crippen LogP contribution in [0, 0.1) is 11.8 Å². The third kappa shape index (κ3) is 22.1. The van der Waals surface area contributed by atoms with Crippen LogP contribution in [0.3, 0.4) is 0 Å². The van der Waals surface area contributed by atoms with E-state index < -0.39 is 13.9 Å². The van der Waals surface area contributed by atoms with Crippen molar-refractivity contribution in [2.24, 2.45) is 11.8 Å². The molecular formula is C40H74N3O9PS2. The number of nitrogens with one attached hydrogen (secondary N) is 1. The SMILES string of the molecule is CC(C)NCCCCCC(=O)CCCCCCC(=O)N1C[C@H](C)C[C@H]1COP(=O)(O)O[C@@H]1C[C@@H](COC(C)C)N(C(=O)CCCSSCCC(=O)C(C)C)C1. The Bertz CT molecular complexity index is 1190. The van der Waals surface area contributed by atoms with Gasteiger partial charge in [0.2, 0.25) is 11.8 Å². The summed E-state index contributed by atoms with van der Waals surface area (Å²) in [4.78, 5) is 64.7. The molecule has 55 heavy (non-hydrogen) atoms. The number of carbonyl (C=O) groups excluding carboxylic acids is 4. The highest BCUT2D eigenvalue weighted by Crippen LogP contribution is 2.47. The Labute approximate surface area is 340 Å². The molecule has 2 aliphatic heterocycles. The minimum absolute atomic E-state index is 0.0193. The van der Waals surface area contributed by atoms with Gasteiger partial charge in [-0.2, -0.15) is 0 Å². The number of unbranched alkanes of at least 4 members (excludes halogenated alkanes) is 5. The summed E-state index contributed by atoms with van der Waals surface area (Å²) in [7, 11) is -1.16. The maximum Gasteiger partial charge on any atom is 0.472 e. The third-order valence-electron chi connectivity index (χ3n) is 10.0. The number of hydrogen-bond donors (Lipinski definition) is 2. The molecule has 12 nitrogen and oxygen atoms in total. The topological polar surface area (TPSA) is 152 Å². The van der Waals surface area contributed by atoms with Gasteiger partial charge in [0.05, 0.1) is 37.5 Å². The van der Waals surface area contributed by atoms with Gasteiger partial charge in [-0.25, -0.2) is 4.57 Å². The standard InChI is InChI=1S/C40H74N3O9PS2/c1-30(2)38(45)20-23-55-54-22-15-19-40(47)43-27-37(25-35(43)28-50-32(5)6)52-53(48,49)51-29-34-24-33(7)26-42(34)39(46)18-13-9-8-11-16-36(44)17-12-10-14-21-41-31(3)4/h30-35,37,41H,8-29H2,1-7H3,(H,48,49)/t33-,34+,35+,37-/m1/s1. The molecule has 2 heterocycles. The van der Waals surface area contributed by atoms with Crippen LogP contribution in [0.1, 0.15) is 145 Å². The second-order valence-corrected chi connectivity index (χ2v) is 20.4. The summed E-state index contributed by atoms with van der Waals surface area (Å²) >= 11 is 0. The first-order chi connectivity index (χ1) is 26.1. The number of nitrogens with zero attached hydrogens (tertiary/aromatic N) is 2. The van der Waals surface area contributed by atoms with E-state index in [2.05, 4.69) is 26.1 Å². The molecule has 0 saturated carbocycles. The van der Waals surface area contributed by atoms with Crippen molar-refractivity contribution < 1.29 is 42.4 Å². The molecule has 15 heteroatoms. The number of likely N-dealkylation sites (tertiary alicyclic amines) is 2. The summed E-state index contributed by atoms with van der Waals surface area (Å²) in [5, 5.41) is 3.40. The van der Waals surface area contributed by atoms with Crippen LogP contribution in [0.5, 0.6) is 0 Å². The van der Waals surface area contributed by atoms with Crippen molar-refractivity contribution in [2.45, 2.75) is 175 Å². The summed E-state index contributed by atoms with van der Waals surface area (Å²) in [6.45, 7) is 16.0. The summed E-state index contributed by atoms with van der Waals surface area (Å²) in [5.74, 6) is 2.41. The zero-order valence-corrected chi connectivity index (χ0v) is 37.5. The van der Waals surface area contributed by atoms with Crippen LogP contribution in [-0.4, -0.2) is 113 Å². The molecule has 2 aliphatic rings. The molecule has 0 bridgehead atoms. The van der Waals surface area contributed by atoms with Gasteiger partial charge in [-0.05, 0) is 71.3 Å². The van der Waals surface area contributed by atoms with Crippen molar-refractivity contribution >= 4 is 52.8 Å². The van der Waals surface area contributed by atoms with Crippen molar-refractivity contribution in [2.75, 3.05) is 44.4 Å². The van der Waals surface area contributed by atoms with Gasteiger partial charge in [-0.15, -0.1) is 0 Å². The van der Waals surface area contributed by atoms with Crippen LogP contribution < -0.4 is 5.32 Å². The van der Waals surface area contributed by atoms with E-state index in [1.54, 1.807) is 31.4 Å². The number of Topliss-reactive ketones (excluding diaryl/α,β-unsaturated/α-hetero) is 2. The van der Waals surface area contributed by atoms with E-state index >= 15 is 0 Å². The van der Waals surface area contributed by atoms with E-state index in [9.17, 15) is 28.6 Å². The molecule has 1 unspecified atom stereocenters. The molecule has 2 rings (SSSR count). The fourth-order valence-corrected chi connectivity index (χ4v) is 9.98. The summed E-state index contributed by atoms with van der Waals surface area (Å²) in [6.07, 6.45) is 10.1. The quantitative estimate of drug-likeness (QED) is 0.0396. The Morgan fingerprint density at radius 2 is 1.33 bits per heavy atom. The molecule has 320 valence electrons. The molecule has 0 spiro atoms. The van der Waals surface area contributed by atoms with E-state index in [0.29, 0.717) is 76.3 Å². The van der Waals surface area contributed by atoms with Gasteiger partial charge in [0.1, 0.15) is 11.6 Å². The van der Waals surface area contributed by atoms with E-state index in [1.807, 2.05) is 27.7 Å². The van der Waals surface area contributed by atoms with Crippen molar-refractivity contribution in [1.29, 1.82) is 0 Å². The Balaban J connectivity index is 1.73. The molecule has 2 fully saturated rings. The predicted molar refractivity (Wildman–Crippen MR) is 224 cm³/mol. The van der Waals surface area contributed by atoms with Gasteiger partial charge >= 0.3 is 7.82 Å². The van der Waals surface area contributed by atoms with Crippen molar-refractivity contribution in [3.8, 4) is 0 Å². The maximum absolute atomic E-state index is 13.3. The normalized spacial score (nSPS) is 21.3. The highest BCUT2D eigenvalue weighted by molar-refractivity contribution is 8.76. The Morgan fingerprint density at radius 1 is 0.745 bits per heavy atom. The van der Waals surface area contributed by atoms with Crippen LogP contribution in [-0.2, 0) is 37.5 Å². The van der Waals surface area contributed by atoms with Crippen LogP contribution in [0.15, 0.2) is 0 Å². The lowest BCUT2D eigenvalue weighted by Crippen LogP contribution is -2.39. The molecule has 0 aromatic carbocycles. The summed E-state index contributed by atoms with van der Waals surface area (Å²) < 4.78 is 30.2. The minimum atomic E-state index is -4.48. The number of phosphoric acid groups is 1. The first-order valence-corrected chi connectivity index (χ1v) is 24.9. The van der Waals surface area contributed by atoms with Gasteiger partial charge < -0.3 is 24.7 Å². The number of ketones is 2. The van der Waals surface area contributed by atoms with Gasteiger partial charge in [0, 0.05) is 68.7 Å². The molecule has 5 atom stereocenters. The molecule has 0 aliphatic carbocycles. The maximum atomic E-state index is 13.3. The Hall–Kier alpha value is -0.990. The number of phosphoric ester groups is 1. The number of amides is 2. The van der Waals surface area contributed by atoms with Gasteiger partial charge in [0.25, 0.3) is 0 Å². The number of hydrogen-bond acceptors (Lipinski definition) is 11. The largest absolute Gasteiger partial charge is 0.472 e. The van der Waals surface area contributed by atoms with Gasteiger partial charge in [0.15, 0.2) is 0 Å². The smallest absolute Gasteiger partial charge is 0.377 e. The average Bonchev–Trinajstić information content (AvgIpc) is 3.70. The molecule has 2 amide bonds. The monoisotopic (exact) mass is 835 g/mol. The van der Waals surface area contributed by atoms with Crippen LogP contribution in [0.25, 0.3) is 0 Å². The number of ether oxygens (including phenoxy) is 1. The van der Waals surface area contributed by atoms with Crippen molar-refractivity contribution in [1.82, 2.24) is 15.1 Å². The number of carbonyl (C=O) groups is 4. The molecular weight excluding hydrogens is 762 g/mol. The zero-order chi connectivity index (χ0) is 40.8. The molecule has 0 aromatic heterocycles. The van der Waals surface area contributed by atoms with Gasteiger partial charge in [-0.3, -0.25) is 28.2 Å². The highest BCUT2D eigenvalue weighted by atomic mass is 33.1. The van der Waals surface area contributed by atoms with Crippen LogP contribution in [0.4, 0.5) is 0 Å². The van der Waals surface area contributed by atoms with Crippen molar-refractivity contribution in [3.05, 3.63) is 0 Å². The van der Waals surface area contributed by atoms with E-state index in [1.165, 1.54) is 0 Å². The first-order valence-electron chi connectivity index (χ1n) is 21.0. The second-order valence-electron chi connectivity index (χ2n) is 16.3. The van der Waals surface area contributed by atoms with E-state index in [4.69, 9.17) is 13.8 Å². The van der Waals surface area contributed by atoms with E-state index in [0.717, 1.165) is 63.0 Å². The third-order valence-corrected chi connectivity index (χ3v) is 13.6. The van der Waals surface area contributed by atoms with Gasteiger partial charge in [-0.1, -0.05) is 75.5 Å². The van der Waals surface area contributed by atoms with Crippen molar-refractivity contribution in [3.63, 3.8) is 0 Å². The highest BCUT2D eigenvalue weighted by Gasteiger charge is 2.41. The molecule has 0 aromatic rings. The van der Waals surface area contributed by atoms with E-state index in [-0.39, 0.29) is 60.8 Å². The molecule has 0 radical (unpaired) electrons. The fraction of sp³-hybridized carbons (Fsp3) is 0.900. The lowest BCUT2D eigenvalue weighted by atomic mass is 10.0. The Kier molecular flexibility index (Phi) is 25.2. The summed E-state index contributed by atoms with van der Waals surface area (Å²) in [5.41, 5.74) is 0. The van der Waals surface area contributed by atoms with Crippen LogP contribution >= 0.6 is 29.4 Å². The molecule has 2 N–H and O–H groups in total. The lowest BCUT2D eigenvalue weighted by Gasteiger charge is -2.26. The molecule has 2 saturated heterocycles. The lowest BCUT2D eigenvalue weighted by molar-refractivity contribution is -0.134. The first kappa shape index (κ1) is 50.2.